The molecule has 1 heterocycles. The van der Waals surface area contributed by atoms with Crippen LogP contribution in [0.15, 0.2) is 96.6 Å². The minimum atomic E-state index is -0.823. The number of nitrogens with one attached hydrogen (secondary N) is 1. The molecule has 0 radical (unpaired) electrons. The minimum absolute atomic E-state index is 0.0385. The predicted molar refractivity (Wildman–Crippen MR) is 145 cm³/mol. The predicted octanol–water partition coefficient (Wildman–Crippen LogP) is 5.99. The first-order valence-electron chi connectivity index (χ1n) is 12.1. The van der Waals surface area contributed by atoms with E-state index in [1.807, 2.05) is 60.7 Å². The number of nitrogens with zero attached hydrogens (tertiary/aromatic N) is 1. The first-order valence-corrected chi connectivity index (χ1v) is 12.1. The molecular formula is C31H26N2O4. The summed E-state index contributed by atoms with van der Waals surface area (Å²) in [5, 5.41) is 16.0. The number of fused-ring (bicyclic) bond motifs is 1. The van der Waals surface area contributed by atoms with Gasteiger partial charge >= 0.3 is 0 Å². The van der Waals surface area contributed by atoms with Crippen molar-refractivity contribution in [1.29, 1.82) is 0 Å². The third kappa shape index (κ3) is 4.38. The molecule has 1 atom stereocenters. The topological polar surface area (TPSA) is 86.7 Å². The molecule has 0 bridgehead atoms. The SMILES string of the molecule is CCc1ccc(C2/C(=C(/O)c3cccc4ccccc34)C(=O)C(=O)N2c2ccc(NC(C)=O)cc2)cc1. The van der Waals surface area contributed by atoms with Crippen molar-refractivity contribution in [3.8, 4) is 0 Å². The van der Waals surface area contributed by atoms with Crippen LogP contribution in [0.25, 0.3) is 16.5 Å². The molecule has 4 aromatic carbocycles. The lowest BCUT2D eigenvalue weighted by molar-refractivity contribution is -0.132. The Morgan fingerprint density at radius 3 is 2.24 bits per heavy atom. The van der Waals surface area contributed by atoms with Crippen LogP contribution in [0.2, 0.25) is 0 Å². The van der Waals surface area contributed by atoms with E-state index in [2.05, 4.69) is 12.2 Å². The van der Waals surface area contributed by atoms with E-state index in [0.717, 1.165) is 22.8 Å². The van der Waals surface area contributed by atoms with Gasteiger partial charge in [-0.1, -0.05) is 73.7 Å². The van der Waals surface area contributed by atoms with Crippen molar-refractivity contribution in [3.63, 3.8) is 0 Å². The van der Waals surface area contributed by atoms with Gasteiger partial charge < -0.3 is 10.4 Å². The summed E-state index contributed by atoms with van der Waals surface area (Å²) in [5.74, 6) is -1.89. The number of hydrogen-bond donors (Lipinski definition) is 2. The van der Waals surface area contributed by atoms with Gasteiger partial charge in [0.1, 0.15) is 5.76 Å². The van der Waals surface area contributed by atoms with E-state index in [0.29, 0.717) is 22.5 Å². The standard InChI is InChI=1S/C31H26N2O4/c1-3-20-11-13-22(14-12-20)28-27(29(35)26-10-6-8-21-7-4-5-9-25(21)26)30(36)31(37)33(28)24-17-15-23(16-18-24)32-19(2)34/h4-18,28,35H,3H2,1-2H3,(H,32,34)/b29-27-. The summed E-state index contributed by atoms with van der Waals surface area (Å²) in [5.41, 5.74) is 3.42. The monoisotopic (exact) mass is 490 g/mol. The van der Waals surface area contributed by atoms with E-state index >= 15 is 0 Å². The Kier molecular flexibility index (Phi) is 6.32. The third-order valence-electron chi connectivity index (χ3n) is 6.66. The van der Waals surface area contributed by atoms with Gasteiger partial charge in [0, 0.05) is 23.9 Å². The summed E-state index contributed by atoms with van der Waals surface area (Å²) >= 11 is 0. The molecule has 184 valence electrons. The molecule has 0 aromatic heterocycles. The highest BCUT2D eigenvalue weighted by Crippen LogP contribution is 2.43. The molecule has 1 aliphatic rings. The normalized spacial score (nSPS) is 16.8. The Hall–Kier alpha value is -4.71. The molecule has 4 aromatic rings. The second kappa shape index (κ2) is 9.74. The van der Waals surface area contributed by atoms with Crippen LogP contribution < -0.4 is 10.2 Å². The van der Waals surface area contributed by atoms with Crippen LogP contribution in [0.4, 0.5) is 11.4 Å². The molecule has 1 aliphatic heterocycles. The van der Waals surface area contributed by atoms with Crippen LogP contribution in [-0.2, 0) is 20.8 Å². The van der Waals surface area contributed by atoms with Gasteiger partial charge in [-0.05, 0) is 52.6 Å². The summed E-state index contributed by atoms with van der Waals surface area (Å²) < 4.78 is 0. The number of ketones is 1. The van der Waals surface area contributed by atoms with Crippen molar-refractivity contribution in [3.05, 3.63) is 113 Å². The summed E-state index contributed by atoms with van der Waals surface area (Å²) in [6.07, 6.45) is 0.848. The van der Waals surface area contributed by atoms with Crippen molar-refractivity contribution < 1.29 is 19.5 Å². The maximum absolute atomic E-state index is 13.5. The van der Waals surface area contributed by atoms with Gasteiger partial charge in [-0.2, -0.15) is 0 Å². The number of aryl methyl sites for hydroxylation is 1. The van der Waals surface area contributed by atoms with Gasteiger partial charge in [0.2, 0.25) is 5.91 Å². The quantitative estimate of drug-likeness (QED) is 0.204. The highest BCUT2D eigenvalue weighted by atomic mass is 16.3. The number of rotatable bonds is 5. The number of aliphatic hydroxyl groups excluding tert-OH is 1. The zero-order valence-corrected chi connectivity index (χ0v) is 20.6. The fourth-order valence-electron chi connectivity index (χ4n) is 4.84. The van der Waals surface area contributed by atoms with Crippen molar-refractivity contribution >= 4 is 45.5 Å². The average molecular weight is 491 g/mol. The summed E-state index contributed by atoms with van der Waals surface area (Å²) in [4.78, 5) is 39.8. The number of benzene rings is 4. The Morgan fingerprint density at radius 2 is 1.57 bits per heavy atom. The van der Waals surface area contributed by atoms with E-state index in [9.17, 15) is 19.5 Å². The second-order valence-electron chi connectivity index (χ2n) is 9.02. The molecule has 0 spiro atoms. The molecule has 2 amide bonds. The Labute approximate surface area is 214 Å². The van der Waals surface area contributed by atoms with Crippen molar-refractivity contribution in [2.24, 2.45) is 0 Å². The molecule has 0 saturated carbocycles. The number of anilines is 2. The van der Waals surface area contributed by atoms with Crippen LogP contribution in [0, 0.1) is 0 Å². The van der Waals surface area contributed by atoms with Crippen molar-refractivity contribution in [1.82, 2.24) is 0 Å². The summed E-state index contributed by atoms with van der Waals surface area (Å²) in [7, 11) is 0. The zero-order chi connectivity index (χ0) is 26.1. The first kappa shape index (κ1) is 24.0. The van der Waals surface area contributed by atoms with Crippen LogP contribution >= 0.6 is 0 Å². The highest BCUT2D eigenvalue weighted by molar-refractivity contribution is 6.51. The van der Waals surface area contributed by atoms with Crippen molar-refractivity contribution in [2.75, 3.05) is 10.2 Å². The van der Waals surface area contributed by atoms with E-state index in [-0.39, 0.29) is 17.2 Å². The second-order valence-corrected chi connectivity index (χ2v) is 9.02. The molecule has 1 saturated heterocycles. The van der Waals surface area contributed by atoms with E-state index in [1.54, 1.807) is 30.3 Å². The largest absolute Gasteiger partial charge is 0.507 e. The Balaban J connectivity index is 1.70. The molecule has 6 heteroatoms. The highest BCUT2D eigenvalue weighted by Gasteiger charge is 2.47. The fraction of sp³-hybridized carbons (Fsp3) is 0.129. The zero-order valence-electron chi connectivity index (χ0n) is 20.6. The maximum Gasteiger partial charge on any atom is 0.300 e. The Morgan fingerprint density at radius 1 is 0.892 bits per heavy atom. The minimum Gasteiger partial charge on any atom is -0.507 e. The fourth-order valence-corrected chi connectivity index (χ4v) is 4.84. The van der Waals surface area contributed by atoms with Crippen molar-refractivity contribution in [2.45, 2.75) is 26.3 Å². The summed E-state index contributed by atoms with van der Waals surface area (Å²) in [6, 6.07) is 26.7. The molecule has 1 fully saturated rings. The van der Waals surface area contributed by atoms with Gasteiger partial charge in [-0.3, -0.25) is 19.3 Å². The number of carbonyl (C=O) groups excluding carboxylic acids is 3. The molecule has 1 unspecified atom stereocenters. The lowest BCUT2D eigenvalue weighted by Gasteiger charge is -2.26. The average Bonchev–Trinajstić information content (AvgIpc) is 3.18. The number of Topliss-reactive ketones (excluding diaryl/α,β-unsaturated/α-hetero) is 1. The molecule has 0 aliphatic carbocycles. The lowest BCUT2D eigenvalue weighted by Crippen LogP contribution is -2.29. The molecule has 37 heavy (non-hydrogen) atoms. The van der Waals surface area contributed by atoms with E-state index < -0.39 is 17.7 Å². The molecule has 2 N–H and O–H groups in total. The summed E-state index contributed by atoms with van der Waals surface area (Å²) in [6.45, 7) is 3.47. The molecular weight excluding hydrogens is 464 g/mol. The van der Waals surface area contributed by atoms with Gasteiger partial charge in [0.25, 0.3) is 11.7 Å². The number of aliphatic hydroxyl groups is 1. The first-order chi connectivity index (χ1) is 17.9. The van der Waals surface area contributed by atoms with Crippen LogP contribution in [0.5, 0.6) is 0 Å². The van der Waals surface area contributed by atoms with Crippen LogP contribution in [0.3, 0.4) is 0 Å². The molecule has 6 nitrogen and oxygen atoms in total. The van der Waals surface area contributed by atoms with Gasteiger partial charge in [-0.15, -0.1) is 0 Å². The third-order valence-corrected chi connectivity index (χ3v) is 6.66. The van der Waals surface area contributed by atoms with Gasteiger partial charge in [0.15, 0.2) is 0 Å². The Bertz CT molecular complexity index is 1550. The number of carbonyl (C=O) groups is 3. The number of hydrogen-bond acceptors (Lipinski definition) is 4. The van der Waals surface area contributed by atoms with Gasteiger partial charge in [0.05, 0.1) is 11.6 Å². The van der Waals surface area contributed by atoms with Crippen LogP contribution in [0.1, 0.15) is 36.6 Å². The van der Waals surface area contributed by atoms with E-state index in [4.69, 9.17) is 0 Å². The number of amides is 2. The smallest absolute Gasteiger partial charge is 0.300 e. The maximum atomic E-state index is 13.5. The van der Waals surface area contributed by atoms with E-state index in [1.165, 1.54) is 11.8 Å². The van der Waals surface area contributed by atoms with Crippen LogP contribution in [-0.4, -0.2) is 22.7 Å². The van der Waals surface area contributed by atoms with Gasteiger partial charge in [-0.25, -0.2) is 0 Å². The lowest BCUT2D eigenvalue weighted by atomic mass is 9.92. The molecule has 5 rings (SSSR count).